The Morgan fingerprint density at radius 3 is 2.71 bits per heavy atom. The highest BCUT2D eigenvalue weighted by Gasteiger charge is 2.28. The van der Waals surface area contributed by atoms with Crippen LogP contribution < -0.4 is 11.1 Å². The number of pyridine rings is 1. The summed E-state index contributed by atoms with van der Waals surface area (Å²) in [7, 11) is 0. The lowest BCUT2D eigenvalue weighted by Crippen LogP contribution is -2.28. The summed E-state index contributed by atoms with van der Waals surface area (Å²) in [4.78, 5) is 28.7. The fraction of sp³-hybridized carbons (Fsp3) is 0.350. The SMILES string of the molecule is CCC(Sc1cccc(C(=O)NCCF)c1)C(Cc1ccc(N)nc1)C(=O)O. The van der Waals surface area contributed by atoms with Gasteiger partial charge in [0.05, 0.1) is 5.92 Å². The molecule has 150 valence electrons. The zero-order chi connectivity index (χ0) is 20.5. The van der Waals surface area contributed by atoms with E-state index in [0.29, 0.717) is 24.2 Å². The minimum atomic E-state index is -0.881. The number of carboxylic acids is 1. The number of benzene rings is 1. The maximum Gasteiger partial charge on any atom is 0.307 e. The molecule has 2 atom stereocenters. The van der Waals surface area contributed by atoms with E-state index in [1.54, 1.807) is 36.5 Å². The molecule has 0 aliphatic rings. The molecule has 0 bridgehead atoms. The number of nitrogens with one attached hydrogen (secondary N) is 1. The number of carboxylic acid groups (broad SMARTS) is 1. The van der Waals surface area contributed by atoms with Crippen molar-refractivity contribution in [1.29, 1.82) is 0 Å². The summed E-state index contributed by atoms with van der Waals surface area (Å²) in [6, 6.07) is 10.4. The van der Waals surface area contributed by atoms with Crippen LogP contribution in [0.4, 0.5) is 10.2 Å². The summed E-state index contributed by atoms with van der Waals surface area (Å²) in [5, 5.41) is 12.0. The molecule has 0 aliphatic heterocycles. The van der Waals surface area contributed by atoms with Crippen LogP contribution in [0.2, 0.25) is 0 Å². The van der Waals surface area contributed by atoms with E-state index in [9.17, 15) is 19.1 Å². The van der Waals surface area contributed by atoms with Crippen molar-refractivity contribution in [2.24, 2.45) is 5.92 Å². The maximum atomic E-state index is 12.2. The largest absolute Gasteiger partial charge is 0.481 e. The molecule has 2 rings (SSSR count). The highest BCUT2D eigenvalue weighted by molar-refractivity contribution is 8.00. The molecule has 2 aromatic rings. The number of hydrogen-bond acceptors (Lipinski definition) is 5. The molecule has 0 radical (unpaired) electrons. The first-order chi connectivity index (χ1) is 13.4. The number of thioether (sulfide) groups is 1. The number of nitrogen functional groups attached to an aromatic ring is 1. The lowest BCUT2D eigenvalue weighted by atomic mass is 9.95. The van der Waals surface area contributed by atoms with Gasteiger partial charge in [-0.05, 0) is 42.7 Å². The fourth-order valence-corrected chi connectivity index (χ4v) is 4.03. The molecule has 0 spiro atoms. The number of rotatable bonds is 10. The molecule has 1 amide bonds. The van der Waals surface area contributed by atoms with Crippen LogP contribution in [0.1, 0.15) is 29.3 Å². The predicted molar refractivity (Wildman–Crippen MR) is 108 cm³/mol. The highest BCUT2D eigenvalue weighted by atomic mass is 32.2. The molecule has 8 heteroatoms. The van der Waals surface area contributed by atoms with E-state index in [-0.39, 0.29) is 17.7 Å². The summed E-state index contributed by atoms with van der Waals surface area (Å²) in [6.07, 6.45) is 2.57. The van der Waals surface area contributed by atoms with Gasteiger partial charge < -0.3 is 16.2 Å². The van der Waals surface area contributed by atoms with Crippen molar-refractivity contribution in [1.82, 2.24) is 10.3 Å². The maximum absolute atomic E-state index is 12.2. The van der Waals surface area contributed by atoms with Gasteiger partial charge in [-0.2, -0.15) is 0 Å². The van der Waals surface area contributed by atoms with Crippen LogP contribution in [0.3, 0.4) is 0 Å². The van der Waals surface area contributed by atoms with Crippen molar-refractivity contribution < 1.29 is 19.1 Å². The third kappa shape index (κ3) is 6.23. The molecular formula is C20H24FN3O3S. The Balaban J connectivity index is 2.15. The second kappa shape index (κ2) is 10.7. The number of alkyl halides is 1. The van der Waals surface area contributed by atoms with E-state index in [1.165, 1.54) is 11.8 Å². The van der Waals surface area contributed by atoms with Gasteiger partial charge in [-0.15, -0.1) is 11.8 Å². The van der Waals surface area contributed by atoms with Gasteiger partial charge in [0.15, 0.2) is 0 Å². The summed E-state index contributed by atoms with van der Waals surface area (Å²) >= 11 is 1.42. The van der Waals surface area contributed by atoms with Gasteiger partial charge in [0.25, 0.3) is 5.91 Å². The molecule has 0 aliphatic carbocycles. The zero-order valence-corrected chi connectivity index (χ0v) is 16.4. The third-order valence-corrected chi connectivity index (χ3v) is 5.73. The Morgan fingerprint density at radius 1 is 1.32 bits per heavy atom. The number of hydrogen-bond donors (Lipinski definition) is 3. The van der Waals surface area contributed by atoms with Gasteiger partial charge in [0.2, 0.25) is 0 Å². The number of aliphatic carboxylic acids is 1. The Hall–Kier alpha value is -2.61. The number of nitrogens with zero attached hydrogens (tertiary/aromatic N) is 1. The van der Waals surface area contributed by atoms with Crippen molar-refractivity contribution in [3.8, 4) is 0 Å². The number of anilines is 1. The summed E-state index contributed by atoms with van der Waals surface area (Å²) in [5.41, 5.74) is 6.81. The van der Waals surface area contributed by atoms with Crippen LogP contribution in [0.25, 0.3) is 0 Å². The number of halogens is 1. The first-order valence-corrected chi connectivity index (χ1v) is 9.86. The molecule has 0 saturated carbocycles. The van der Waals surface area contributed by atoms with Gasteiger partial charge in [-0.3, -0.25) is 9.59 Å². The zero-order valence-electron chi connectivity index (χ0n) is 15.6. The molecule has 4 N–H and O–H groups in total. The Bertz CT molecular complexity index is 802. The van der Waals surface area contributed by atoms with E-state index in [4.69, 9.17) is 5.73 Å². The smallest absolute Gasteiger partial charge is 0.307 e. The quantitative estimate of drug-likeness (QED) is 0.524. The average Bonchev–Trinajstić information content (AvgIpc) is 2.70. The summed E-state index contributed by atoms with van der Waals surface area (Å²) in [6.45, 7) is 1.27. The van der Waals surface area contributed by atoms with Gasteiger partial charge in [-0.25, -0.2) is 9.37 Å². The molecule has 0 fully saturated rings. The lowest BCUT2D eigenvalue weighted by molar-refractivity contribution is -0.141. The molecule has 28 heavy (non-hydrogen) atoms. The number of carbonyl (C=O) groups is 2. The lowest BCUT2D eigenvalue weighted by Gasteiger charge is -2.22. The number of amides is 1. The number of aromatic nitrogens is 1. The van der Waals surface area contributed by atoms with Crippen molar-refractivity contribution in [3.05, 3.63) is 53.7 Å². The minimum absolute atomic E-state index is 0.0372. The number of nitrogens with two attached hydrogens (primary N) is 1. The van der Waals surface area contributed by atoms with Gasteiger partial charge in [-0.1, -0.05) is 19.1 Å². The summed E-state index contributed by atoms with van der Waals surface area (Å²) < 4.78 is 12.2. The average molecular weight is 405 g/mol. The van der Waals surface area contributed by atoms with Crippen LogP contribution in [0.5, 0.6) is 0 Å². The van der Waals surface area contributed by atoms with Crippen molar-refractivity contribution in [2.45, 2.75) is 29.9 Å². The highest BCUT2D eigenvalue weighted by Crippen LogP contribution is 2.33. The Morgan fingerprint density at radius 2 is 2.11 bits per heavy atom. The molecule has 6 nitrogen and oxygen atoms in total. The topological polar surface area (TPSA) is 105 Å². The van der Waals surface area contributed by atoms with Crippen molar-refractivity contribution in [2.75, 3.05) is 19.0 Å². The van der Waals surface area contributed by atoms with E-state index >= 15 is 0 Å². The fourth-order valence-electron chi connectivity index (χ4n) is 2.79. The molecular weight excluding hydrogens is 381 g/mol. The first-order valence-electron chi connectivity index (χ1n) is 8.98. The Kier molecular flexibility index (Phi) is 8.25. The summed E-state index contributed by atoms with van der Waals surface area (Å²) in [5.74, 6) is -1.46. The van der Waals surface area contributed by atoms with Gasteiger partial charge in [0, 0.05) is 28.5 Å². The van der Waals surface area contributed by atoms with Crippen LogP contribution >= 0.6 is 11.8 Å². The van der Waals surface area contributed by atoms with E-state index in [0.717, 1.165) is 10.5 Å². The monoisotopic (exact) mass is 405 g/mol. The molecule has 1 heterocycles. The van der Waals surface area contributed by atoms with Crippen LogP contribution in [-0.4, -0.2) is 40.4 Å². The van der Waals surface area contributed by atoms with Crippen LogP contribution in [0, 0.1) is 5.92 Å². The second-order valence-electron chi connectivity index (χ2n) is 6.28. The van der Waals surface area contributed by atoms with E-state index < -0.39 is 18.6 Å². The van der Waals surface area contributed by atoms with Gasteiger partial charge in [0.1, 0.15) is 12.5 Å². The van der Waals surface area contributed by atoms with Crippen LogP contribution in [0.15, 0.2) is 47.5 Å². The standard InChI is InChI=1S/C20H24FN3O3S/c1-2-17(16(20(26)27)10-13-6-7-18(22)24-12-13)28-15-5-3-4-14(11-15)19(25)23-9-8-21/h3-7,11-12,16-17H,2,8-10H2,1H3,(H2,22,24)(H,23,25)(H,26,27). The van der Waals surface area contributed by atoms with E-state index in [2.05, 4.69) is 10.3 Å². The molecule has 1 aromatic carbocycles. The van der Waals surface area contributed by atoms with Gasteiger partial charge >= 0.3 is 5.97 Å². The predicted octanol–water partition coefficient (Wildman–Crippen LogP) is 3.18. The first kappa shape index (κ1) is 21.7. The molecule has 1 aromatic heterocycles. The van der Waals surface area contributed by atoms with E-state index in [1.807, 2.05) is 13.0 Å². The minimum Gasteiger partial charge on any atom is -0.481 e. The molecule has 2 unspecified atom stereocenters. The van der Waals surface area contributed by atoms with Crippen molar-refractivity contribution in [3.63, 3.8) is 0 Å². The third-order valence-electron chi connectivity index (χ3n) is 4.24. The molecule has 0 saturated heterocycles. The Labute approximate surface area is 167 Å². The number of carbonyl (C=O) groups excluding carboxylic acids is 1. The van der Waals surface area contributed by atoms with Crippen molar-refractivity contribution >= 4 is 29.5 Å². The van der Waals surface area contributed by atoms with Crippen LogP contribution in [-0.2, 0) is 11.2 Å². The normalized spacial score (nSPS) is 12.9. The second-order valence-corrected chi connectivity index (χ2v) is 7.59.